The van der Waals surface area contributed by atoms with Crippen molar-refractivity contribution in [3.8, 4) is 0 Å². The van der Waals surface area contributed by atoms with Crippen LogP contribution >= 0.6 is 17.3 Å². The molecule has 7 heavy (non-hydrogen) atoms. The van der Waals surface area contributed by atoms with E-state index in [0.717, 1.165) is 0 Å². The summed E-state index contributed by atoms with van der Waals surface area (Å²) in [6.45, 7) is 2.46. The second-order valence-corrected chi connectivity index (χ2v) is 2.88. The molecule has 0 amide bonds. The highest BCUT2D eigenvalue weighted by Crippen LogP contribution is 2.12. The van der Waals surface area contributed by atoms with Crippen LogP contribution < -0.4 is 5.09 Å². The minimum atomic E-state index is -0.215. The minimum absolute atomic E-state index is 0.215. The first-order chi connectivity index (χ1) is 3.27. The van der Waals surface area contributed by atoms with E-state index < -0.39 is 0 Å². The quantitative estimate of drug-likeness (QED) is 0.552. The Kier molecular flexibility index (Phi) is 5.48. The molecule has 0 aromatic heterocycles. The Labute approximate surface area is 48.0 Å². The molecule has 0 saturated carbocycles. The number of rotatable bonds is 3. The van der Waals surface area contributed by atoms with Crippen molar-refractivity contribution < 1.29 is 5.11 Å². The van der Waals surface area contributed by atoms with E-state index in [2.05, 4.69) is 14.0 Å². The van der Waals surface area contributed by atoms with Crippen LogP contribution in [0.25, 0.3) is 0 Å². The highest BCUT2D eigenvalue weighted by atomic mass is 32.0. The Morgan fingerprint density at radius 3 is 2.71 bits per heavy atom. The smallest absolute Gasteiger partial charge is 0.0639 e. The average Bonchev–Trinajstić information content (AvgIpc) is 1.61. The average molecular weight is 139 g/mol. The maximum absolute atomic E-state index is 8.62. The Hall–Kier alpha value is 0.780. The summed E-state index contributed by atoms with van der Waals surface area (Å²) in [7, 11) is 3.21. The van der Waals surface area contributed by atoms with Gasteiger partial charge in [-0.2, -0.15) is 0 Å². The highest BCUT2D eigenvalue weighted by molar-refractivity contribution is 8.01. The van der Waals surface area contributed by atoms with E-state index in [0.29, 0.717) is 15.0 Å². The monoisotopic (exact) mass is 139 g/mol. The highest BCUT2D eigenvalue weighted by Gasteiger charge is 1.88. The molecule has 0 saturated heterocycles. The van der Waals surface area contributed by atoms with E-state index in [4.69, 9.17) is 5.11 Å². The molecule has 0 fully saturated rings. The van der Waals surface area contributed by atoms with E-state index in [1.165, 1.54) is 0 Å². The predicted octanol–water partition coefficient (Wildman–Crippen LogP) is 0.340. The van der Waals surface area contributed by atoms with Crippen LogP contribution in [0.1, 0.15) is 6.92 Å². The fourth-order valence-electron chi connectivity index (χ4n) is 0.207. The maximum atomic E-state index is 8.62. The molecule has 3 atom stereocenters. The number of aliphatic hydroxyl groups is 1. The summed E-state index contributed by atoms with van der Waals surface area (Å²) in [6.07, 6.45) is -0.215. The molecule has 0 aliphatic heterocycles. The number of aliphatic hydroxyl groups excluding tert-OH is 1. The van der Waals surface area contributed by atoms with Gasteiger partial charge in [0.2, 0.25) is 0 Å². The molecular formula is C3H11NOP2. The summed E-state index contributed by atoms with van der Waals surface area (Å²) in [6, 6.07) is 0. The van der Waals surface area contributed by atoms with Crippen LogP contribution in [-0.2, 0) is 0 Å². The lowest BCUT2D eigenvalue weighted by Crippen LogP contribution is -2.15. The molecule has 2 N–H and O–H groups in total. The molecule has 3 unspecified atom stereocenters. The first-order valence-electron chi connectivity index (χ1n) is 2.14. The van der Waals surface area contributed by atoms with E-state index >= 15 is 0 Å². The van der Waals surface area contributed by atoms with Crippen LogP contribution in [0.15, 0.2) is 0 Å². The topological polar surface area (TPSA) is 32.3 Å². The van der Waals surface area contributed by atoms with Gasteiger partial charge in [-0.1, -0.05) is 8.93 Å². The van der Waals surface area contributed by atoms with Gasteiger partial charge in [-0.15, -0.1) is 0 Å². The third-order valence-corrected chi connectivity index (χ3v) is 1.52. The summed E-state index contributed by atoms with van der Waals surface area (Å²) in [5.74, 6) is 0. The zero-order chi connectivity index (χ0) is 5.70. The summed E-state index contributed by atoms with van der Waals surface area (Å²) >= 11 is 0. The van der Waals surface area contributed by atoms with E-state index in [1.54, 1.807) is 6.92 Å². The largest absolute Gasteiger partial charge is 0.392 e. The van der Waals surface area contributed by atoms with Gasteiger partial charge in [0.15, 0.2) is 0 Å². The standard InChI is InChI=1S/C3H11NOP2/c1-3(5)2-4-7-6/h3-5,7H,2,6H2,1H3. The van der Waals surface area contributed by atoms with Gasteiger partial charge in [-0.3, -0.25) is 5.09 Å². The van der Waals surface area contributed by atoms with Crippen molar-refractivity contribution >= 4 is 17.3 Å². The lowest BCUT2D eigenvalue weighted by molar-refractivity contribution is 0.199. The maximum Gasteiger partial charge on any atom is 0.0639 e. The van der Waals surface area contributed by atoms with Gasteiger partial charge in [-0.05, 0) is 15.3 Å². The zero-order valence-corrected chi connectivity index (χ0v) is 6.46. The number of hydrogen-bond acceptors (Lipinski definition) is 2. The molecule has 0 aliphatic rings. The van der Waals surface area contributed by atoms with Gasteiger partial charge in [0, 0.05) is 6.54 Å². The first-order valence-corrected chi connectivity index (χ1v) is 4.95. The van der Waals surface area contributed by atoms with Crippen LogP contribution in [0.2, 0.25) is 0 Å². The second kappa shape index (κ2) is 4.93. The van der Waals surface area contributed by atoms with E-state index in [9.17, 15) is 0 Å². The van der Waals surface area contributed by atoms with Crippen molar-refractivity contribution in [2.24, 2.45) is 0 Å². The van der Waals surface area contributed by atoms with Gasteiger partial charge in [0.1, 0.15) is 0 Å². The summed E-state index contributed by atoms with van der Waals surface area (Å²) < 4.78 is 0. The van der Waals surface area contributed by atoms with Crippen LogP contribution in [0.3, 0.4) is 0 Å². The molecule has 4 heteroatoms. The Morgan fingerprint density at radius 2 is 2.57 bits per heavy atom. The molecule has 0 radical (unpaired) electrons. The molecule has 0 aromatic carbocycles. The molecule has 0 spiro atoms. The van der Waals surface area contributed by atoms with E-state index in [1.807, 2.05) is 0 Å². The lowest BCUT2D eigenvalue weighted by atomic mass is 10.4. The number of hydrogen-bond donors (Lipinski definition) is 2. The fraction of sp³-hybridized carbons (Fsp3) is 1.00. The molecule has 0 aromatic rings. The van der Waals surface area contributed by atoms with Gasteiger partial charge >= 0.3 is 0 Å². The third-order valence-electron chi connectivity index (χ3n) is 0.500. The van der Waals surface area contributed by atoms with Crippen LogP contribution in [-0.4, -0.2) is 17.8 Å². The van der Waals surface area contributed by atoms with Gasteiger partial charge in [-0.25, -0.2) is 0 Å². The molecular weight excluding hydrogens is 128 g/mol. The van der Waals surface area contributed by atoms with Crippen LogP contribution in [0.4, 0.5) is 0 Å². The normalized spacial score (nSPS) is 15.9. The van der Waals surface area contributed by atoms with Gasteiger partial charge in [0.05, 0.1) is 6.10 Å². The van der Waals surface area contributed by atoms with Crippen molar-refractivity contribution in [2.45, 2.75) is 13.0 Å². The van der Waals surface area contributed by atoms with Crippen molar-refractivity contribution in [1.82, 2.24) is 5.09 Å². The molecule has 2 nitrogen and oxygen atoms in total. The van der Waals surface area contributed by atoms with E-state index in [-0.39, 0.29) is 6.10 Å². The summed E-state index contributed by atoms with van der Waals surface area (Å²) in [4.78, 5) is 0. The van der Waals surface area contributed by atoms with Crippen molar-refractivity contribution in [3.63, 3.8) is 0 Å². The fourth-order valence-corrected chi connectivity index (χ4v) is 0.973. The SMILES string of the molecule is CC(O)CNPP. The van der Waals surface area contributed by atoms with Crippen LogP contribution in [0.5, 0.6) is 0 Å². The second-order valence-electron chi connectivity index (χ2n) is 1.37. The minimum Gasteiger partial charge on any atom is -0.392 e. The zero-order valence-electron chi connectivity index (χ0n) is 4.31. The van der Waals surface area contributed by atoms with Crippen LogP contribution in [0, 0.1) is 0 Å². The van der Waals surface area contributed by atoms with Crippen molar-refractivity contribution in [3.05, 3.63) is 0 Å². The van der Waals surface area contributed by atoms with Gasteiger partial charge < -0.3 is 5.11 Å². The molecule has 0 bridgehead atoms. The Balaban J connectivity index is 2.68. The molecule has 0 rings (SSSR count). The van der Waals surface area contributed by atoms with Crippen molar-refractivity contribution in [2.75, 3.05) is 6.54 Å². The number of nitrogens with one attached hydrogen (secondary N) is 1. The lowest BCUT2D eigenvalue weighted by Gasteiger charge is -2.01. The summed E-state index contributed by atoms with van der Waals surface area (Å²) in [5, 5.41) is 11.6. The summed E-state index contributed by atoms with van der Waals surface area (Å²) in [5.41, 5.74) is 0. The first kappa shape index (κ1) is 7.78. The molecule has 0 heterocycles. The predicted molar refractivity (Wildman–Crippen MR) is 37.7 cm³/mol. The third kappa shape index (κ3) is 6.78. The molecule has 0 aliphatic carbocycles. The Morgan fingerprint density at radius 1 is 2.00 bits per heavy atom. The van der Waals surface area contributed by atoms with Crippen molar-refractivity contribution in [1.29, 1.82) is 0 Å². The van der Waals surface area contributed by atoms with Gasteiger partial charge in [0.25, 0.3) is 0 Å². The Bertz CT molecular complexity index is 41.9. The molecule has 44 valence electrons.